The Kier molecular flexibility index (Phi) is 10.5. The minimum atomic E-state index is -3.77. The van der Waals surface area contributed by atoms with Gasteiger partial charge in [0.15, 0.2) is 0 Å². The minimum absolute atomic E-state index is 0.0972. The Morgan fingerprint density at radius 3 is 2.11 bits per heavy atom. The van der Waals surface area contributed by atoms with E-state index in [4.69, 9.17) is 4.74 Å². The van der Waals surface area contributed by atoms with E-state index in [0.29, 0.717) is 18.0 Å². The lowest BCUT2D eigenvalue weighted by Gasteiger charge is -2.31. The second kappa shape index (κ2) is 12.9. The summed E-state index contributed by atoms with van der Waals surface area (Å²) in [6.45, 7) is 10.1. The molecule has 2 aromatic carbocycles. The number of carbonyl (C=O) groups is 2. The number of nitrogens with one attached hydrogen (secondary N) is 1. The van der Waals surface area contributed by atoms with E-state index < -0.39 is 28.5 Å². The van der Waals surface area contributed by atoms with Gasteiger partial charge < -0.3 is 15.0 Å². The molecule has 9 heteroatoms. The van der Waals surface area contributed by atoms with Crippen molar-refractivity contribution in [2.45, 2.75) is 65.5 Å². The Hall–Kier alpha value is -3.07. The molecule has 0 aliphatic heterocycles. The Labute approximate surface area is 222 Å². The first kappa shape index (κ1) is 30.2. The summed E-state index contributed by atoms with van der Waals surface area (Å²) in [5, 5.41) is 2.87. The Morgan fingerprint density at radius 2 is 1.62 bits per heavy atom. The summed E-state index contributed by atoms with van der Waals surface area (Å²) in [5.74, 6) is -0.0797. The van der Waals surface area contributed by atoms with E-state index in [1.807, 2.05) is 31.2 Å². The largest absolute Gasteiger partial charge is 0.497 e. The van der Waals surface area contributed by atoms with Crippen molar-refractivity contribution in [2.75, 3.05) is 30.8 Å². The molecule has 2 rings (SSSR count). The van der Waals surface area contributed by atoms with Gasteiger partial charge in [0.25, 0.3) is 0 Å². The van der Waals surface area contributed by atoms with Crippen LogP contribution < -0.4 is 14.4 Å². The number of hydrogen-bond acceptors (Lipinski definition) is 5. The predicted molar refractivity (Wildman–Crippen MR) is 148 cm³/mol. The Bertz CT molecular complexity index is 1140. The van der Waals surface area contributed by atoms with Gasteiger partial charge in [-0.15, -0.1) is 0 Å². The number of methoxy groups -OCH3 is 1. The van der Waals surface area contributed by atoms with Gasteiger partial charge in [-0.25, -0.2) is 8.42 Å². The fourth-order valence-corrected chi connectivity index (χ4v) is 4.64. The summed E-state index contributed by atoms with van der Waals surface area (Å²) in [6.07, 6.45) is 2.84. The van der Waals surface area contributed by atoms with Crippen LogP contribution in [0, 0.1) is 0 Å². The monoisotopic (exact) mass is 531 g/mol. The number of benzene rings is 2. The third-order valence-corrected chi connectivity index (χ3v) is 7.35. The van der Waals surface area contributed by atoms with Crippen molar-refractivity contribution in [1.82, 2.24) is 10.2 Å². The van der Waals surface area contributed by atoms with Crippen LogP contribution >= 0.6 is 0 Å². The maximum Gasteiger partial charge on any atom is 0.244 e. The van der Waals surface area contributed by atoms with Crippen molar-refractivity contribution in [2.24, 2.45) is 0 Å². The Morgan fingerprint density at radius 1 is 1.03 bits per heavy atom. The molecular weight excluding hydrogens is 490 g/mol. The lowest BCUT2D eigenvalue weighted by molar-refractivity contribution is -0.139. The van der Waals surface area contributed by atoms with E-state index in [1.54, 1.807) is 38.3 Å². The molecule has 0 saturated carbocycles. The number of hydrogen-bond donors (Lipinski definition) is 1. The summed E-state index contributed by atoms with van der Waals surface area (Å²) in [5.41, 5.74) is 2.14. The maximum atomic E-state index is 13.6. The quantitative estimate of drug-likeness (QED) is 0.416. The molecule has 0 aliphatic carbocycles. The molecule has 204 valence electrons. The molecule has 0 aliphatic rings. The highest BCUT2D eigenvalue weighted by Gasteiger charge is 2.30. The average molecular weight is 532 g/mol. The van der Waals surface area contributed by atoms with Crippen LogP contribution in [0.4, 0.5) is 5.69 Å². The topological polar surface area (TPSA) is 96.0 Å². The first-order valence-corrected chi connectivity index (χ1v) is 14.4. The third kappa shape index (κ3) is 8.77. The standard InChI is InChI=1S/C28H41N3O5S/c1-8-9-18-29-27(33)21(2)30(19-22-10-16-25(36-6)17-11-22)26(32)20-31(37(7,34)35)24-14-12-23(13-15-24)28(3,4)5/h10-17,21H,8-9,18-20H2,1-7H3,(H,29,33)/t21-/m0/s1. The van der Waals surface area contributed by atoms with Gasteiger partial charge in [0, 0.05) is 13.1 Å². The molecular formula is C28H41N3O5S. The van der Waals surface area contributed by atoms with Crippen molar-refractivity contribution >= 4 is 27.5 Å². The molecule has 0 bridgehead atoms. The number of carbonyl (C=O) groups excluding carboxylic acids is 2. The van der Waals surface area contributed by atoms with E-state index in [1.165, 1.54) is 4.90 Å². The van der Waals surface area contributed by atoms with Crippen LogP contribution in [0.5, 0.6) is 5.75 Å². The first-order valence-electron chi connectivity index (χ1n) is 12.6. The third-order valence-electron chi connectivity index (χ3n) is 6.21. The normalized spacial score (nSPS) is 12.5. The molecule has 1 atom stereocenters. The summed E-state index contributed by atoms with van der Waals surface area (Å²) in [4.78, 5) is 27.9. The highest BCUT2D eigenvalue weighted by molar-refractivity contribution is 7.92. The number of nitrogens with zero attached hydrogens (tertiary/aromatic N) is 2. The second-order valence-corrected chi connectivity index (χ2v) is 12.2. The molecule has 0 radical (unpaired) electrons. The molecule has 2 amide bonds. The molecule has 0 fully saturated rings. The van der Waals surface area contributed by atoms with Crippen molar-refractivity contribution in [1.29, 1.82) is 0 Å². The first-order chi connectivity index (χ1) is 17.3. The van der Waals surface area contributed by atoms with Crippen molar-refractivity contribution in [3.05, 3.63) is 59.7 Å². The molecule has 0 unspecified atom stereocenters. The summed E-state index contributed by atoms with van der Waals surface area (Å²) in [7, 11) is -2.20. The lowest BCUT2D eigenvalue weighted by Crippen LogP contribution is -2.51. The molecule has 2 aromatic rings. The van der Waals surface area contributed by atoms with E-state index in [-0.39, 0.29) is 17.9 Å². The smallest absolute Gasteiger partial charge is 0.244 e. The van der Waals surface area contributed by atoms with Gasteiger partial charge in [0.2, 0.25) is 21.8 Å². The fourth-order valence-electron chi connectivity index (χ4n) is 3.79. The fraction of sp³-hybridized carbons (Fsp3) is 0.500. The van der Waals surface area contributed by atoms with Crippen LogP contribution in [0.1, 0.15) is 58.6 Å². The van der Waals surface area contributed by atoms with E-state index in [2.05, 4.69) is 26.1 Å². The second-order valence-electron chi connectivity index (χ2n) is 10.3. The van der Waals surface area contributed by atoms with Gasteiger partial charge in [-0.3, -0.25) is 13.9 Å². The van der Waals surface area contributed by atoms with Crippen LogP contribution in [0.2, 0.25) is 0 Å². The number of rotatable bonds is 12. The van der Waals surface area contributed by atoms with Gasteiger partial charge in [-0.2, -0.15) is 0 Å². The molecule has 0 spiro atoms. The molecule has 1 N–H and O–H groups in total. The molecule has 0 heterocycles. The maximum absolute atomic E-state index is 13.6. The summed E-state index contributed by atoms with van der Waals surface area (Å²) < 4.78 is 31.8. The van der Waals surface area contributed by atoms with Crippen LogP contribution in [-0.4, -0.2) is 57.6 Å². The predicted octanol–water partition coefficient (Wildman–Crippen LogP) is 4.09. The number of anilines is 1. The molecule has 0 aromatic heterocycles. The average Bonchev–Trinajstić information content (AvgIpc) is 2.84. The van der Waals surface area contributed by atoms with E-state index >= 15 is 0 Å². The van der Waals surface area contributed by atoms with Gasteiger partial charge >= 0.3 is 0 Å². The van der Waals surface area contributed by atoms with Gasteiger partial charge in [-0.1, -0.05) is 58.4 Å². The van der Waals surface area contributed by atoms with E-state index in [9.17, 15) is 18.0 Å². The Balaban J connectivity index is 2.36. The zero-order valence-electron chi connectivity index (χ0n) is 23.1. The lowest BCUT2D eigenvalue weighted by atomic mass is 9.87. The van der Waals surface area contributed by atoms with Crippen LogP contribution in [0.3, 0.4) is 0 Å². The number of unbranched alkanes of at least 4 members (excludes halogenated alkanes) is 1. The van der Waals surface area contributed by atoms with Gasteiger partial charge in [0.05, 0.1) is 19.1 Å². The van der Waals surface area contributed by atoms with Crippen molar-refractivity contribution in [3.8, 4) is 5.75 Å². The molecule has 37 heavy (non-hydrogen) atoms. The van der Waals surface area contributed by atoms with Gasteiger partial charge in [0.1, 0.15) is 18.3 Å². The molecule has 8 nitrogen and oxygen atoms in total. The zero-order valence-corrected chi connectivity index (χ0v) is 23.9. The van der Waals surface area contributed by atoms with Crippen LogP contribution in [-0.2, 0) is 31.6 Å². The highest BCUT2D eigenvalue weighted by atomic mass is 32.2. The number of sulfonamides is 1. The molecule has 0 saturated heterocycles. The van der Waals surface area contributed by atoms with Crippen LogP contribution in [0.15, 0.2) is 48.5 Å². The number of amides is 2. The SMILES string of the molecule is CCCCNC(=O)[C@H](C)N(Cc1ccc(OC)cc1)C(=O)CN(c1ccc(C(C)(C)C)cc1)S(C)(=O)=O. The van der Waals surface area contributed by atoms with E-state index in [0.717, 1.165) is 34.5 Å². The zero-order chi connectivity index (χ0) is 27.8. The summed E-state index contributed by atoms with van der Waals surface area (Å²) in [6, 6.07) is 13.6. The summed E-state index contributed by atoms with van der Waals surface area (Å²) >= 11 is 0. The highest BCUT2D eigenvalue weighted by Crippen LogP contribution is 2.26. The van der Waals surface area contributed by atoms with Gasteiger partial charge in [-0.05, 0) is 54.2 Å². The minimum Gasteiger partial charge on any atom is -0.497 e. The van der Waals surface area contributed by atoms with Crippen molar-refractivity contribution in [3.63, 3.8) is 0 Å². The number of ether oxygens (including phenoxy) is 1. The van der Waals surface area contributed by atoms with Crippen LogP contribution in [0.25, 0.3) is 0 Å². The van der Waals surface area contributed by atoms with Crippen molar-refractivity contribution < 1.29 is 22.7 Å².